The normalized spacial score (nSPS) is 10.9. The Bertz CT molecular complexity index is 1080. The summed E-state index contributed by atoms with van der Waals surface area (Å²) in [6.07, 6.45) is 0. The van der Waals surface area contributed by atoms with Crippen molar-refractivity contribution in [3.05, 3.63) is 77.6 Å². The Balaban J connectivity index is 1.64. The van der Waals surface area contributed by atoms with Crippen LogP contribution in [0.1, 0.15) is 11.1 Å². The summed E-state index contributed by atoms with van der Waals surface area (Å²) in [7, 11) is 0. The molecule has 3 N–H and O–H groups in total. The van der Waals surface area contributed by atoms with Gasteiger partial charge < -0.3 is 15.9 Å². The Labute approximate surface area is 154 Å². The van der Waals surface area contributed by atoms with Crippen molar-refractivity contribution < 1.29 is 9.13 Å². The number of ether oxygens (including phenoxy) is 1. The maximum Gasteiger partial charge on any atom is 0.260 e. The molecule has 4 aromatic rings. The topological polar surface area (TPSA) is 90.9 Å². The van der Waals surface area contributed by atoms with Crippen molar-refractivity contribution in [1.29, 1.82) is 0 Å². The van der Waals surface area contributed by atoms with Gasteiger partial charge in [-0.15, -0.1) is 4.79 Å². The van der Waals surface area contributed by atoms with Gasteiger partial charge in [0.15, 0.2) is 0 Å². The molecule has 1 aromatic heterocycles. The fourth-order valence-electron chi connectivity index (χ4n) is 2.87. The monoisotopic (exact) mass is 364 g/mol. The van der Waals surface area contributed by atoms with Gasteiger partial charge in [-0.1, -0.05) is 53.6 Å². The van der Waals surface area contributed by atoms with Crippen LogP contribution in [0.4, 0.5) is 10.3 Å². The summed E-state index contributed by atoms with van der Waals surface area (Å²) in [6.45, 7) is 0.508. The lowest BCUT2D eigenvalue weighted by Crippen LogP contribution is -2.19. The largest absolute Gasteiger partial charge is 0.488 e. The van der Waals surface area contributed by atoms with Crippen LogP contribution in [0.2, 0.25) is 0 Å². The van der Waals surface area contributed by atoms with E-state index in [1.54, 1.807) is 18.2 Å². The SMILES string of the molecule is Nc1nnnn1NCc1c(OCc2ccccc2F)ccc2ccccc12. The Morgan fingerprint density at radius 1 is 1.04 bits per heavy atom. The summed E-state index contributed by atoms with van der Waals surface area (Å²) < 4.78 is 19.8. The van der Waals surface area contributed by atoms with E-state index in [-0.39, 0.29) is 18.4 Å². The van der Waals surface area contributed by atoms with Gasteiger partial charge in [-0.2, -0.15) is 0 Å². The zero-order valence-corrected chi connectivity index (χ0v) is 14.3. The summed E-state index contributed by atoms with van der Waals surface area (Å²) in [5, 5.41) is 13.0. The van der Waals surface area contributed by atoms with Crippen LogP contribution in [0.5, 0.6) is 5.75 Å². The molecule has 0 amide bonds. The molecule has 0 atom stereocenters. The number of fused-ring (bicyclic) bond motifs is 1. The zero-order valence-electron chi connectivity index (χ0n) is 14.3. The molecule has 0 fully saturated rings. The zero-order chi connectivity index (χ0) is 18.6. The highest BCUT2D eigenvalue weighted by Gasteiger charge is 2.11. The minimum absolute atomic E-state index is 0.130. The minimum Gasteiger partial charge on any atom is -0.488 e. The molecule has 0 unspecified atom stereocenters. The smallest absolute Gasteiger partial charge is 0.260 e. The number of nitrogens with zero attached hydrogens (tertiary/aromatic N) is 4. The molecule has 0 radical (unpaired) electrons. The molecule has 136 valence electrons. The van der Waals surface area contributed by atoms with Crippen LogP contribution in [0.15, 0.2) is 60.7 Å². The number of hydrogen-bond acceptors (Lipinski definition) is 6. The summed E-state index contributed by atoms with van der Waals surface area (Å²) >= 11 is 0. The van der Waals surface area contributed by atoms with Gasteiger partial charge in [0.05, 0.1) is 6.54 Å². The van der Waals surface area contributed by atoms with Crippen molar-refractivity contribution in [2.45, 2.75) is 13.2 Å². The third-order valence-corrected chi connectivity index (χ3v) is 4.24. The first-order valence-electron chi connectivity index (χ1n) is 8.37. The third kappa shape index (κ3) is 3.50. The number of nitrogens with one attached hydrogen (secondary N) is 1. The van der Waals surface area contributed by atoms with E-state index in [1.807, 2.05) is 36.4 Å². The van der Waals surface area contributed by atoms with Crippen LogP contribution in [0.3, 0.4) is 0 Å². The van der Waals surface area contributed by atoms with Crippen LogP contribution < -0.4 is 15.9 Å². The molecular weight excluding hydrogens is 347 g/mol. The quantitative estimate of drug-likeness (QED) is 0.547. The number of tetrazole rings is 1. The number of aromatic nitrogens is 4. The van der Waals surface area contributed by atoms with E-state index in [0.717, 1.165) is 16.3 Å². The number of benzene rings is 3. The molecule has 0 aliphatic rings. The van der Waals surface area contributed by atoms with Crippen LogP contribution in [0.25, 0.3) is 10.8 Å². The highest BCUT2D eigenvalue weighted by molar-refractivity contribution is 5.87. The number of rotatable bonds is 6. The average molecular weight is 364 g/mol. The fraction of sp³-hybridized carbons (Fsp3) is 0.105. The first kappa shape index (κ1) is 16.8. The van der Waals surface area contributed by atoms with E-state index in [0.29, 0.717) is 17.9 Å². The van der Waals surface area contributed by atoms with E-state index in [9.17, 15) is 4.39 Å². The Morgan fingerprint density at radius 3 is 2.67 bits per heavy atom. The molecule has 0 saturated heterocycles. The fourth-order valence-corrected chi connectivity index (χ4v) is 2.87. The van der Waals surface area contributed by atoms with Crippen molar-refractivity contribution in [1.82, 2.24) is 20.3 Å². The molecule has 0 aliphatic carbocycles. The molecule has 0 saturated carbocycles. The lowest BCUT2D eigenvalue weighted by Gasteiger charge is -2.15. The number of anilines is 1. The van der Waals surface area contributed by atoms with Gasteiger partial charge in [0.2, 0.25) is 0 Å². The maximum absolute atomic E-state index is 13.9. The molecule has 1 heterocycles. The van der Waals surface area contributed by atoms with Gasteiger partial charge >= 0.3 is 0 Å². The lowest BCUT2D eigenvalue weighted by atomic mass is 10.0. The Kier molecular flexibility index (Phi) is 4.52. The molecule has 4 rings (SSSR count). The van der Waals surface area contributed by atoms with Crippen molar-refractivity contribution >= 4 is 16.7 Å². The molecular formula is C19H17FN6O. The first-order chi connectivity index (χ1) is 13.2. The molecule has 27 heavy (non-hydrogen) atoms. The summed E-state index contributed by atoms with van der Waals surface area (Å²) in [6, 6.07) is 18.4. The van der Waals surface area contributed by atoms with Gasteiger partial charge in [0.25, 0.3) is 5.95 Å². The standard InChI is InChI=1S/C19H17FN6O/c20-17-8-4-2-6-14(17)12-27-18-10-9-13-5-1-3-7-15(13)16(18)11-22-26-19(21)23-24-25-26/h1-10,22H,11-12H2,(H2,21,23,25). The van der Waals surface area contributed by atoms with Crippen LogP contribution in [-0.4, -0.2) is 20.3 Å². The summed E-state index contributed by atoms with van der Waals surface area (Å²) in [5.74, 6) is 0.514. The van der Waals surface area contributed by atoms with Crippen molar-refractivity contribution in [2.24, 2.45) is 0 Å². The van der Waals surface area contributed by atoms with E-state index < -0.39 is 0 Å². The second-order valence-corrected chi connectivity index (χ2v) is 5.93. The predicted octanol–water partition coefficient (Wildman–Crippen LogP) is 2.87. The summed E-state index contributed by atoms with van der Waals surface area (Å²) in [4.78, 5) is 1.29. The Hall–Kier alpha value is -3.68. The third-order valence-electron chi connectivity index (χ3n) is 4.24. The molecule has 0 aliphatic heterocycles. The second-order valence-electron chi connectivity index (χ2n) is 5.93. The highest BCUT2D eigenvalue weighted by atomic mass is 19.1. The average Bonchev–Trinajstić information content (AvgIpc) is 3.10. The van der Waals surface area contributed by atoms with Crippen LogP contribution in [-0.2, 0) is 13.2 Å². The molecule has 0 spiro atoms. The van der Waals surface area contributed by atoms with Crippen molar-refractivity contribution in [3.8, 4) is 5.75 Å². The molecule has 3 aromatic carbocycles. The van der Waals surface area contributed by atoms with Crippen molar-refractivity contribution in [2.75, 3.05) is 11.2 Å². The van der Waals surface area contributed by atoms with Gasteiger partial charge in [0, 0.05) is 11.1 Å². The highest BCUT2D eigenvalue weighted by Crippen LogP contribution is 2.29. The van der Waals surface area contributed by atoms with Gasteiger partial charge in [-0.3, -0.25) is 0 Å². The number of hydrogen-bond donors (Lipinski definition) is 2. The maximum atomic E-state index is 13.9. The molecule has 8 heteroatoms. The molecule has 7 nitrogen and oxygen atoms in total. The van der Waals surface area contributed by atoms with Gasteiger partial charge in [0.1, 0.15) is 18.2 Å². The van der Waals surface area contributed by atoms with Crippen LogP contribution >= 0.6 is 0 Å². The second kappa shape index (κ2) is 7.28. The van der Waals surface area contributed by atoms with Crippen LogP contribution in [0, 0.1) is 5.82 Å². The summed E-state index contributed by atoms with van der Waals surface area (Å²) in [5.41, 5.74) is 10.1. The van der Waals surface area contributed by atoms with E-state index in [1.165, 1.54) is 10.9 Å². The number of halogens is 1. The number of nitrogens with two attached hydrogens (primary N) is 1. The van der Waals surface area contributed by atoms with Gasteiger partial charge in [-0.05, 0) is 33.3 Å². The van der Waals surface area contributed by atoms with E-state index in [2.05, 4.69) is 21.0 Å². The van der Waals surface area contributed by atoms with E-state index in [4.69, 9.17) is 10.5 Å². The number of nitrogen functional groups attached to an aromatic ring is 1. The first-order valence-corrected chi connectivity index (χ1v) is 8.37. The predicted molar refractivity (Wildman–Crippen MR) is 100.0 cm³/mol. The minimum atomic E-state index is -0.292. The van der Waals surface area contributed by atoms with E-state index >= 15 is 0 Å². The lowest BCUT2D eigenvalue weighted by molar-refractivity contribution is 0.297. The van der Waals surface area contributed by atoms with Crippen molar-refractivity contribution in [3.63, 3.8) is 0 Å². The molecule has 0 bridgehead atoms. The Morgan fingerprint density at radius 2 is 1.85 bits per heavy atom. The van der Waals surface area contributed by atoms with Gasteiger partial charge in [-0.25, -0.2) is 4.39 Å².